The predicted octanol–water partition coefficient (Wildman–Crippen LogP) is 2.53. The standard InChI is InChI=1S/C10H11NO2S/c12-10(11-13)14-8-4-7-9-5-2-1-3-6-9/h1-7,13H,8H2,(H,11,12)/b7-4+. The molecule has 0 aromatic heterocycles. The van der Waals surface area contributed by atoms with Gasteiger partial charge in [0.1, 0.15) is 0 Å². The highest BCUT2D eigenvalue weighted by Crippen LogP contribution is 2.05. The largest absolute Gasteiger partial charge is 0.302 e. The van der Waals surface area contributed by atoms with Gasteiger partial charge in [0, 0.05) is 5.75 Å². The normalized spacial score (nSPS) is 10.4. The lowest BCUT2D eigenvalue weighted by Gasteiger charge is -1.93. The Morgan fingerprint density at radius 1 is 1.43 bits per heavy atom. The Morgan fingerprint density at radius 2 is 2.14 bits per heavy atom. The monoisotopic (exact) mass is 209 g/mol. The van der Waals surface area contributed by atoms with Gasteiger partial charge in [-0.05, 0) is 5.56 Å². The Labute approximate surface area is 86.8 Å². The minimum absolute atomic E-state index is 0.442. The fourth-order valence-corrected chi connectivity index (χ4v) is 1.31. The van der Waals surface area contributed by atoms with Crippen LogP contribution >= 0.6 is 11.8 Å². The van der Waals surface area contributed by atoms with Gasteiger partial charge in [0.2, 0.25) is 0 Å². The first kappa shape index (κ1) is 10.8. The third-order valence-electron chi connectivity index (χ3n) is 1.51. The molecule has 0 radical (unpaired) electrons. The fraction of sp³-hybridized carbons (Fsp3) is 0.100. The summed E-state index contributed by atoms with van der Waals surface area (Å²) in [6.07, 6.45) is 3.80. The molecule has 1 aromatic rings. The highest BCUT2D eigenvalue weighted by atomic mass is 32.2. The third-order valence-corrected chi connectivity index (χ3v) is 2.22. The van der Waals surface area contributed by atoms with E-state index in [2.05, 4.69) is 0 Å². The minimum atomic E-state index is -0.442. The molecule has 0 aliphatic carbocycles. The quantitative estimate of drug-likeness (QED) is 0.594. The Balaban J connectivity index is 2.31. The molecule has 0 aliphatic heterocycles. The van der Waals surface area contributed by atoms with Crippen LogP contribution in [0.4, 0.5) is 4.79 Å². The molecule has 74 valence electrons. The summed E-state index contributed by atoms with van der Waals surface area (Å²) in [7, 11) is 0. The van der Waals surface area contributed by atoms with Gasteiger partial charge >= 0.3 is 5.24 Å². The first-order valence-corrected chi connectivity index (χ1v) is 5.10. The summed E-state index contributed by atoms with van der Waals surface area (Å²) in [5.41, 5.74) is 2.65. The summed E-state index contributed by atoms with van der Waals surface area (Å²) in [6.45, 7) is 0. The van der Waals surface area contributed by atoms with Crippen molar-refractivity contribution in [2.45, 2.75) is 0 Å². The van der Waals surface area contributed by atoms with E-state index in [1.165, 1.54) is 0 Å². The molecule has 0 aliphatic rings. The topological polar surface area (TPSA) is 49.3 Å². The van der Waals surface area contributed by atoms with Crippen molar-refractivity contribution in [1.82, 2.24) is 5.48 Å². The van der Waals surface area contributed by atoms with E-state index >= 15 is 0 Å². The van der Waals surface area contributed by atoms with Crippen molar-refractivity contribution in [1.29, 1.82) is 0 Å². The number of hydrogen-bond acceptors (Lipinski definition) is 3. The molecule has 0 bridgehead atoms. The van der Waals surface area contributed by atoms with Crippen LogP contribution in [0.5, 0.6) is 0 Å². The van der Waals surface area contributed by atoms with Gasteiger partial charge in [-0.1, -0.05) is 54.2 Å². The number of thioether (sulfide) groups is 1. The number of carbonyl (C=O) groups excluding carboxylic acids is 1. The molecule has 0 saturated carbocycles. The van der Waals surface area contributed by atoms with E-state index in [1.807, 2.05) is 42.5 Å². The molecule has 0 spiro atoms. The molecule has 1 amide bonds. The second-order valence-corrected chi connectivity index (χ2v) is 3.52. The molecule has 14 heavy (non-hydrogen) atoms. The molecular formula is C10H11NO2S. The van der Waals surface area contributed by atoms with Crippen molar-refractivity contribution < 1.29 is 10.0 Å². The van der Waals surface area contributed by atoms with Crippen LogP contribution in [0.1, 0.15) is 5.56 Å². The van der Waals surface area contributed by atoms with Crippen molar-refractivity contribution in [2.24, 2.45) is 0 Å². The molecule has 4 heteroatoms. The van der Waals surface area contributed by atoms with Crippen molar-refractivity contribution in [2.75, 3.05) is 5.75 Å². The van der Waals surface area contributed by atoms with Gasteiger partial charge < -0.3 is 0 Å². The van der Waals surface area contributed by atoms with Gasteiger partial charge in [0.15, 0.2) is 0 Å². The molecule has 0 unspecified atom stereocenters. The Bertz CT molecular complexity index is 311. The van der Waals surface area contributed by atoms with Crippen LogP contribution in [0.25, 0.3) is 6.08 Å². The smallest absolute Gasteiger partial charge is 0.288 e. The Hall–Kier alpha value is -1.26. The van der Waals surface area contributed by atoms with E-state index in [9.17, 15) is 4.79 Å². The van der Waals surface area contributed by atoms with Crippen LogP contribution in [0, 0.1) is 0 Å². The van der Waals surface area contributed by atoms with Crippen molar-refractivity contribution in [3.8, 4) is 0 Å². The number of carbonyl (C=O) groups is 1. The van der Waals surface area contributed by atoms with Gasteiger partial charge in [-0.3, -0.25) is 10.0 Å². The zero-order valence-corrected chi connectivity index (χ0v) is 8.33. The van der Waals surface area contributed by atoms with Gasteiger partial charge in [-0.25, -0.2) is 5.48 Å². The minimum Gasteiger partial charge on any atom is -0.288 e. The summed E-state index contributed by atoms with van der Waals surface area (Å²) in [5, 5.41) is 7.76. The van der Waals surface area contributed by atoms with Gasteiger partial charge in [0.05, 0.1) is 0 Å². The number of benzene rings is 1. The number of amides is 1. The summed E-state index contributed by atoms with van der Waals surface area (Å²) in [4.78, 5) is 10.6. The molecule has 0 heterocycles. The maximum Gasteiger partial charge on any atom is 0.302 e. The Morgan fingerprint density at radius 3 is 2.79 bits per heavy atom. The molecule has 1 rings (SSSR count). The maximum absolute atomic E-state index is 10.6. The molecule has 1 aromatic carbocycles. The Kier molecular flexibility index (Phi) is 4.82. The van der Waals surface area contributed by atoms with Gasteiger partial charge in [-0.15, -0.1) is 0 Å². The van der Waals surface area contributed by atoms with E-state index in [-0.39, 0.29) is 0 Å². The van der Waals surface area contributed by atoms with Crippen molar-refractivity contribution in [3.05, 3.63) is 42.0 Å². The zero-order chi connectivity index (χ0) is 10.2. The molecule has 3 nitrogen and oxygen atoms in total. The van der Waals surface area contributed by atoms with E-state index in [1.54, 1.807) is 5.48 Å². The lowest BCUT2D eigenvalue weighted by Crippen LogP contribution is -2.12. The summed E-state index contributed by atoms with van der Waals surface area (Å²) >= 11 is 1.01. The van der Waals surface area contributed by atoms with E-state index in [0.717, 1.165) is 17.3 Å². The lowest BCUT2D eigenvalue weighted by molar-refractivity contribution is 0.181. The predicted molar refractivity (Wildman–Crippen MR) is 58.3 cm³/mol. The summed E-state index contributed by atoms with van der Waals surface area (Å²) in [5.74, 6) is 0.543. The molecule has 0 saturated heterocycles. The molecule has 0 fully saturated rings. The average Bonchev–Trinajstić information content (AvgIpc) is 2.25. The van der Waals surface area contributed by atoms with Crippen LogP contribution in [0.15, 0.2) is 36.4 Å². The molecule has 2 N–H and O–H groups in total. The lowest BCUT2D eigenvalue weighted by atomic mass is 10.2. The molecular weight excluding hydrogens is 198 g/mol. The van der Waals surface area contributed by atoms with E-state index in [0.29, 0.717) is 5.75 Å². The first-order valence-electron chi connectivity index (χ1n) is 4.11. The van der Waals surface area contributed by atoms with E-state index in [4.69, 9.17) is 5.21 Å². The van der Waals surface area contributed by atoms with Crippen LogP contribution in [-0.2, 0) is 0 Å². The number of hydrogen-bond donors (Lipinski definition) is 2. The second-order valence-electron chi connectivity index (χ2n) is 2.52. The molecule has 0 atom stereocenters. The van der Waals surface area contributed by atoms with Gasteiger partial charge in [0.25, 0.3) is 0 Å². The van der Waals surface area contributed by atoms with Crippen molar-refractivity contribution in [3.63, 3.8) is 0 Å². The van der Waals surface area contributed by atoms with Gasteiger partial charge in [-0.2, -0.15) is 0 Å². The highest BCUT2D eigenvalue weighted by Gasteiger charge is 1.94. The van der Waals surface area contributed by atoms with Crippen LogP contribution in [0.3, 0.4) is 0 Å². The zero-order valence-electron chi connectivity index (χ0n) is 7.51. The number of rotatable bonds is 3. The second kappa shape index (κ2) is 6.23. The summed E-state index contributed by atoms with van der Waals surface area (Å²) in [6, 6.07) is 9.81. The third kappa shape index (κ3) is 4.11. The first-order chi connectivity index (χ1) is 6.83. The van der Waals surface area contributed by atoms with E-state index < -0.39 is 5.24 Å². The average molecular weight is 209 g/mol. The number of nitrogens with one attached hydrogen (secondary N) is 1. The SMILES string of the molecule is O=C(NO)SC/C=C/c1ccccc1. The van der Waals surface area contributed by atoms with Crippen molar-refractivity contribution >= 4 is 23.1 Å². The van der Waals surface area contributed by atoms with Crippen LogP contribution in [-0.4, -0.2) is 16.2 Å². The number of hydroxylamine groups is 1. The van der Waals surface area contributed by atoms with Crippen LogP contribution in [0.2, 0.25) is 0 Å². The maximum atomic E-state index is 10.6. The fourth-order valence-electron chi connectivity index (χ4n) is 0.904. The van der Waals surface area contributed by atoms with Crippen LogP contribution < -0.4 is 5.48 Å². The summed E-state index contributed by atoms with van der Waals surface area (Å²) < 4.78 is 0. The highest BCUT2D eigenvalue weighted by molar-refractivity contribution is 8.13.